The molecule has 2 aliphatic rings. The molecule has 9 nitrogen and oxygen atoms in total. The van der Waals surface area contributed by atoms with Crippen molar-refractivity contribution >= 4 is 23.6 Å². The van der Waals surface area contributed by atoms with Gasteiger partial charge in [-0.1, -0.05) is 12.8 Å². The van der Waals surface area contributed by atoms with Crippen LogP contribution >= 0.6 is 0 Å². The number of carbonyl (C=O) groups excluding carboxylic acids is 1. The molecule has 152 valence electrons. The van der Waals surface area contributed by atoms with Gasteiger partial charge in [0.15, 0.2) is 0 Å². The van der Waals surface area contributed by atoms with Gasteiger partial charge < -0.3 is 14.7 Å². The van der Waals surface area contributed by atoms with E-state index in [1.165, 1.54) is 31.9 Å². The first kappa shape index (κ1) is 20.1. The summed E-state index contributed by atoms with van der Waals surface area (Å²) in [5.41, 5.74) is -0.150. The Morgan fingerprint density at radius 2 is 2.04 bits per heavy atom. The van der Waals surface area contributed by atoms with Crippen LogP contribution in [0.25, 0.3) is 6.08 Å². The monoisotopic (exact) mass is 390 g/mol. The smallest absolute Gasteiger partial charge is 0.373 e. The average molecular weight is 390 g/mol. The van der Waals surface area contributed by atoms with Gasteiger partial charge in [0, 0.05) is 38.3 Å². The topological polar surface area (TPSA) is 109 Å². The fraction of sp³-hybridized carbons (Fsp3) is 0.579. The third kappa shape index (κ3) is 4.59. The van der Waals surface area contributed by atoms with Crippen LogP contribution in [0.2, 0.25) is 0 Å². The molecule has 0 radical (unpaired) electrons. The van der Waals surface area contributed by atoms with Crippen LogP contribution in [0.4, 0.5) is 11.5 Å². The van der Waals surface area contributed by atoms with Crippen molar-refractivity contribution in [3.05, 3.63) is 33.7 Å². The van der Waals surface area contributed by atoms with E-state index >= 15 is 0 Å². The number of carbonyl (C=O) groups is 1. The summed E-state index contributed by atoms with van der Waals surface area (Å²) in [5.74, 6) is -0.993. The number of nitro groups is 1. The lowest BCUT2D eigenvalue weighted by Crippen LogP contribution is -2.50. The summed E-state index contributed by atoms with van der Waals surface area (Å²) in [6.07, 6.45) is 7.36. The molecule has 0 bridgehead atoms. The average Bonchev–Trinajstić information content (AvgIpc) is 3.23. The number of piperazine rings is 1. The molecule has 28 heavy (non-hydrogen) atoms. The highest BCUT2D eigenvalue weighted by molar-refractivity contribution is 5.91. The number of nitrogens with zero attached hydrogens (tertiary/aromatic N) is 4. The molecular weight excluding hydrogens is 364 g/mol. The van der Waals surface area contributed by atoms with Crippen molar-refractivity contribution in [2.24, 2.45) is 0 Å². The number of rotatable bonds is 6. The molecule has 1 aromatic heterocycles. The maximum absolute atomic E-state index is 11.6. The predicted octanol–water partition coefficient (Wildman–Crippen LogP) is 2.52. The highest BCUT2D eigenvalue weighted by Crippen LogP contribution is 2.28. The number of pyridine rings is 1. The third-order valence-electron chi connectivity index (χ3n) is 5.35. The number of esters is 1. The Balaban J connectivity index is 1.76. The highest BCUT2D eigenvalue weighted by Gasteiger charge is 2.27. The van der Waals surface area contributed by atoms with E-state index in [1.54, 1.807) is 13.0 Å². The molecule has 1 aromatic rings. The van der Waals surface area contributed by atoms with E-state index in [-0.39, 0.29) is 17.9 Å². The summed E-state index contributed by atoms with van der Waals surface area (Å²) >= 11 is 0. The van der Waals surface area contributed by atoms with Crippen LogP contribution in [0.1, 0.15) is 38.2 Å². The van der Waals surface area contributed by atoms with Crippen molar-refractivity contribution in [3.8, 4) is 0 Å². The Labute approximate surface area is 163 Å². The predicted molar refractivity (Wildman–Crippen MR) is 104 cm³/mol. The summed E-state index contributed by atoms with van der Waals surface area (Å²) in [6.45, 7) is 5.16. The van der Waals surface area contributed by atoms with E-state index in [0.717, 1.165) is 32.3 Å². The number of ether oxygens (including phenoxy) is 1. The normalized spacial score (nSPS) is 19.0. The van der Waals surface area contributed by atoms with Crippen molar-refractivity contribution in [2.75, 3.05) is 37.7 Å². The van der Waals surface area contributed by atoms with E-state index in [1.807, 2.05) is 0 Å². The molecule has 2 fully saturated rings. The van der Waals surface area contributed by atoms with Gasteiger partial charge in [-0.2, -0.15) is 0 Å². The third-order valence-corrected chi connectivity index (χ3v) is 5.35. The van der Waals surface area contributed by atoms with Gasteiger partial charge in [0.2, 0.25) is 5.76 Å². The zero-order valence-corrected chi connectivity index (χ0v) is 16.0. The maximum Gasteiger partial charge on any atom is 0.373 e. The molecule has 2 heterocycles. The Bertz CT molecular complexity index is 753. The van der Waals surface area contributed by atoms with Crippen LogP contribution in [-0.4, -0.2) is 64.7 Å². The summed E-state index contributed by atoms with van der Waals surface area (Å²) in [5, 5.41) is 21.2. The molecule has 1 saturated carbocycles. The number of aliphatic hydroxyl groups is 1. The molecular formula is C19H26N4O5. The first-order valence-electron chi connectivity index (χ1n) is 9.70. The standard InChI is InChI=1S/C19H26N4O5/c1-2-28-19(25)17(24)11-14-12-18(20-13-16(14)23(26)27)22-9-7-21(8-10-22)15-5-3-4-6-15/h11-13,15,24H,2-10H2,1H3. The molecule has 1 aliphatic heterocycles. The second kappa shape index (κ2) is 9.01. The largest absolute Gasteiger partial charge is 0.502 e. The molecule has 1 saturated heterocycles. The van der Waals surface area contributed by atoms with Crippen molar-refractivity contribution in [2.45, 2.75) is 38.6 Å². The van der Waals surface area contributed by atoms with Gasteiger partial charge in [0.25, 0.3) is 5.69 Å². The van der Waals surface area contributed by atoms with Gasteiger partial charge in [-0.15, -0.1) is 0 Å². The molecule has 0 aromatic carbocycles. The SMILES string of the molecule is CCOC(=O)C(O)=Cc1cc(N2CCN(C3CCCC3)CC2)ncc1[N+](=O)[O-]. The van der Waals surface area contributed by atoms with E-state index < -0.39 is 16.7 Å². The van der Waals surface area contributed by atoms with Crippen LogP contribution < -0.4 is 4.90 Å². The van der Waals surface area contributed by atoms with Crippen LogP contribution in [0.3, 0.4) is 0 Å². The first-order valence-corrected chi connectivity index (χ1v) is 9.70. The zero-order valence-electron chi connectivity index (χ0n) is 16.0. The van der Waals surface area contributed by atoms with Gasteiger partial charge in [-0.05, 0) is 25.8 Å². The van der Waals surface area contributed by atoms with Crippen LogP contribution in [0.15, 0.2) is 18.0 Å². The van der Waals surface area contributed by atoms with Gasteiger partial charge in [-0.3, -0.25) is 15.0 Å². The van der Waals surface area contributed by atoms with Gasteiger partial charge in [-0.25, -0.2) is 9.78 Å². The Hall–Kier alpha value is -2.68. The first-order chi connectivity index (χ1) is 13.5. The van der Waals surface area contributed by atoms with Crippen LogP contribution in [0, 0.1) is 10.1 Å². The summed E-state index contributed by atoms with van der Waals surface area (Å²) < 4.78 is 4.72. The quantitative estimate of drug-likeness (QED) is 0.259. The van der Waals surface area contributed by atoms with E-state index in [2.05, 4.69) is 14.8 Å². The lowest BCUT2D eigenvalue weighted by Gasteiger charge is -2.38. The molecule has 0 atom stereocenters. The number of hydrogen-bond donors (Lipinski definition) is 1. The van der Waals surface area contributed by atoms with E-state index in [9.17, 15) is 20.0 Å². The van der Waals surface area contributed by atoms with Crippen LogP contribution in [-0.2, 0) is 9.53 Å². The van der Waals surface area contributed by atoms with Crippen molar-refractivity contribution in [1.82, 2.24) is 9.88 Å². The Morgan fingerprint density at radius 1 is 1.36 bits per heavy atom. The summed E-state index contributed by atoms with van der Waals surface area (Å²) in [4.78, 5) is 31.2. The molecule has 0 spiro atoms. The highest BCUT2D eigenvalue weighted by atomic mass is 16.6. The minimum atomic E-state index is -0.916. The van der Waals surface area contributed by atoms with E-state index in [0.29, 0.717) is 11.9 Å². The maximum atomic E-state index is 11.6. The van der Waals surface area contributed by atoms with Crippen molar-refractivity contribution in [1.29, 1.82) is 0 Å². The van der Waals surface area contributed by atoms with Gasteiger partial charge in [0.05, 0.1) is 17.1 Å². The van der Waals surface area contributed by atoms with Gasteiger partial charge in [0.1, 0.15) is 12.0 Å². The molecule has 3 rings (SSSR count). The second-order valence-electron chi connectivity index (χ2n) is 7.07. The molecule has 9 heteroatoms. The molecule has 0 amide bonds. The van der Waals surface area contributed by atoms with Crippen LogP contribution in [0.5, 0.6) is 0 Å². The number of aliphatic hydroxyl groups excluding tert-OH is 1. The number of anilines is 1. The van der Waals surface area contributed by atoms with Gasteiger partial charge >= 0.3 is 5.97 Å². The van der Waals surface area contributed by atoms with Crippen molar-refractivity contribution < 1.29 is 19.6 Å². The number of hydrogen-bond acceptors (Lipinski definition) is 8. The number of aromatic nitrogens is 1. The Kier molecular flexibility index (Phi) is 6.45. The summed E-state index contributed by atoms with van der Waals surface area (Å²) in [6, 6.07) is 2.21. The molecule has 1 N–H and O–H groups in total. The molecule has 1 aliphatic carbocycles. The summed E-state index contributed by atoms with van der Waals surface area (Å²) in [7, 11) is 0. The fourth-order valence-corrected chi connectivity index (χ4v) is 3.89. The van der Waals surface area contributed by atoms with Crippen molar-refractivity contribution in [3.63, 3.8) is 0 Å². The second-order valence-corrected chi connectivity index (χ2v) is 7.07. The fourth-order valence-electron chi connectivity index (χ4n) is 3.89. The minimum Gasteiger partial charge on any atom is -0.502 e. The lowest BCUT2D eigenvalue weighted by molar-refractivity contribution is -0.385. The molecule has 0 unspecified atom stereocenters. The zero-order chi connectivity index (χ0) is 20.1. The minimum absolute atomic E-state index is 0.103. The lowest BCUT2D eigenvalue weighted by atomic mass is 10.1. The van der Waals surface area contributed by atoms with E-state index in [4.69, 9.17) is 4.74 Å². The Morgan fingerprint density at radius 3 is 2.64 bits per heavy atom.